The van der Waals surface area contributed by atoms with Crippen LogP contribution in [0.1, 0.15) is 26.3 Å². The van der Waals surface area contributed by atoms with Crippen LogP contribution in [0, 0.1) is 0 Å². The first-order valence-corrected chi connectivity index (χ1v) is 14.9. The van der Waals surface area contributed by atoms with Gasteiger partial charge in [-0.15, -0.1) is 0 Å². The van der Waals surface area contributed by atoms with Crippen molar-refractivity contribution < 1.29 is 27.4 Å². The molecule has 4 aromatic rings. The quantitative estimate of drug-likeness (QED) is 0.287. The van der Waals surface area contributed by atoms with E-state index in [1.54, 1.807) is 18.2 Å². The van der Waals surface area contributed by atoms with Gasteiger partial charge in [-0.05, 0) is 58.8 Å². The third-order valence-electron chi connectivity index (χ3n) is 7.04. The molecule has 5 rings (SSSR count). The Labute approximate surface area is 240 Å². The van der Waals surface area contributed by atoms with E-state index >= 15 is 0 Å². The number of anilines is 1. The minimum atomic E-state index is -4.02. The molecule has 0 radical (unpaired) electrons. The molecule has 4 aromatic carbocycles. The zero-order valence-corrected chi connectivity index (χ0v) is 24.4. The molecular formula is C32H34N2O6S. The van der Waals surface area contributed by atoms with Crippen LogP contribution < -0.4 is 23.8 Å². The summed E-state index contributed by atoms with van der Waals surface area (Å²) < 4.78 is 46.2. The number of nitrogens with one attached hydrogen (secondary N) is 1. The van der Waals surface area contributed by atoms with E-state index in [9.17, 15) is 13.2 Å². The Hall–Kier alpha value is -4.24. The van der Waals surface area contributed by atoms with E-state index in [1.807, 2.05) is 54.6 Å². The Morgan fingerprint density at radius 3 is 2.46 bits per heavy atom. The molecule has 9 heteroatoms. The lowest BCUT2D eigenvalue weighted by Gasteiger charge is -2.36. The molecule has 0 fully saturated rings. The minimum Gasteiger partial charge on any atom is -0.497 e. The van der Waals surface area contributed by atoms with Crippen LogP contribution in [0.3, 0.4) is 0 Å². The van der Waals surface area contributed by atoms with E-state index in [2.05, 4.69) is 26.1 Å². The van der Waals surface area contributed by atoms with E-state index < -0.39 is 22.0 Å². The van der Waals surface area contributed by atoms with Gasteiger partial charge in [-0.2, -0.15) is 0 Å². The molecule has 0 aliphatic carbocycles. The summed E-state index contributed by atoms with van der Waals surface area (Å²) in [6, 6.07) is 25.4. The summed E-state index contributed by atoms with van der Waals surface area (Å²) >= 11 is 0. The highest BCUT2D eigenvalue weighted by Gasteiger charge is 2.38. The van der Waals surface area contributed by atoms with Crippen molar-refractivity contribution in [2.24, 2.45) is 0 Å². The van der Waals surface area contributed by atoms with Crippen molar-refractivity contribution in [3.05, 3.63) is 90.5 Å². The molecule has 1 aliphatic heterocycles. The summed E-state index contributed by atoms with van der Waals surface area (Å²) in [4.78, 5) is 13.3. The Balaban J connectivity index is 1.35. The topological polar surface area (TPSA) is 94.2 Å². The van der Waals surface area contributed by atoms with E-state index in [0.717, 1.165) is 22.1 Å². The van der Waals surface area contributed by atoms with Gasteiger partial charge in [0, 0.05) is 5.39 Å². The third-order valence-corrected chi connectivity index (χ3v) is 8.84. The first-order valence-electron chi connectivity index (χ1n) is 13.4. The molecule has 41 heavy (non-hydrogen) atoms. The molecule has 0 spiro atoms. The molecule has 0 saturated heterocycles. The van der Waals surface area contributed by atoms with E-state index in [1.165, 1.54) is 23.5 Å². The van der Waals surface area contributed by atoms with Crippen molar-refractivity contribution in [3.8, 4) is 17.2 Å². The van der Waals surface area contributed by atoms with Gasteiger partial charge in [0.1, 0.15) is 23.9 Å². The maximum atomic E-state index is 13.9. The molecule has 1 amide bonds. The second-order valence-corrected chi connectivity index (χ2v) is 12.7. The van der Waals surface area contributed by atoms with Crippen molar-refractivity contribution in [2.75, 3.05) is 31.1 Å². The lowest BCUT2D eigenvalue weighted by Crippen LogP contribution is -2.51. The monoisotopic (exact) mass is 574 g/mol. The van der Waals surface area contributed by atoms with Crippen molar-refractivity contribution in [3.63, 3.8) is 0 Å². The first kappa shape index (κ1) is 28.3. The molecule has 1 heterocycles. The highest BCUT2D eigenvalue weighted by molar-refractivity contribution is 7.92. The Kier molecular flexibility index (Phi) is 7.82. The number of sulfonamides is 1. The maximum absolute atomic E-state index is 13.9. The lowest BCUT2D eigenvalue weighted by molar-refractivity contribution is -0.127. The number of amides is 1. The molecule has 0 aromatic heterocycles. The van der Waals surface area contributed by atoms with Crippen LogP contribution in [0.5, 0.6) is 17.2 Å². The normalized spacial score (nSPS) is 15.1. The highest BCUT2D eigenvalue weighted by Crippen LogP contribution is 2.40. The van der Waals surface area contributed by atoms with Crippen molar-refractivity contribution >= 4 is 32.4 Å². The number of rotatable bonds is 8. The van der Waals surface area contributed by atoms with Gasteiger partial charge in [-0.3, -0.25) is 9.10 Å². The number of hydrogen-bond donors (Lipinski definition) is 1. The third kappa shape index (κ3) is 5.95. The summed E-state index contributed by atoms with van der Waals surface area (Å²) in [5.74, 6) is 1.18. The highest BCUT2D eigenvalue weighted by atomic mass is 32.2. The van der Waals surface area contributed by atoms with Crippen molar-refractivity contribution in [1.29, 1.82) is 0 Å². The average molecular weight is 575 g/mol. The van der Waals surface area contributed by atoms with Gasteiger partial charge in [0.15, 0.2) is 6.10 Å². The van der Waals surface area contributed by atoms with Crippen LogP contribution in [0.25, 0.3) is 10.8 Å². The Morgan fingerprint density at radius 1 is 1.00 bits per heavy atom. The van der Waals surface area contributed by atoms with Crippen LogP contribution in [0.2, 0.25) is 0 Å². The second-order valence-electron chi connectivity index (χ2n) is 10.9. The van der Waals surface area contributed by atoms with E-state index in [0.29, 0.717) is 17.2 Å². The maximum Gasteiger partial charge on any atom is 0.264 e. The molecule has 1 N–H and O–H groups in total. The summed E-state index contributed by atoms with van der Waals surface area (Å²) in [6.07, 6.45) is -1.05. The predicted octanol–water partition coefficient (Wildman–Crippen LogP) is 5.30. The summed E-state index contributed by atoms with van der Waals surface area (Å²) in [5.41, 5.74) is 1.13. The first-order chi connectivity index (χ1) is 19.6. The molecule has 214 valence electrons. The van der Waals surface area contributed by atoms with Gasteiger partial charge in [0.05, 0.1) is 30.8 Å². The summed E-state index contributed by atoms with van der Waals surface area (Å²) in [7, 11) is -2.50. The molecule has 8 nitrogen and oxygen atoms in total. The fourth-order valence-electron chi connectivity index (χ4n) is 4.73. The smallest absolute Gasteiger partial charge is 0.264 e. The van der Waals surface area contributed by atoms with Gasteiger partial charge < -0.3 is 19.5 Å². The minimum absolute atomic E-state index is 0.0926. The summed E-state index contributed by atoms with van der Waals surface area (Å²) in [6.45, 7) is 6.45. The Morgan fingerprint density at radius 2 is 1.73 bits per heavy atom. The molecule has 1 atom stereocenters. The molecule has 0 unspecified atom stereocenters. The van der Waals surface area contributed by atoms with Crippen molar-refractivity contribution in [2.45, 2.75) is 37.2 Å². The molecule has 0 saturated carbocycles. The van der Waals surface area contributed by atoms with Crippen LogP contribution in [-0.2, 0) is 20.2 Å². The largest absolute Gasteiger partial charge is 0.497 e. The van der Waals surface area contributed by atoms with Gasteiger partial charge in [-0.25, -0.2) is 8.42 Å². The molecular weight excluding hydrogens is 540 g/mol. The fraction of sp³-hybridized carbons (Fsp3) is 0.281. The van der Waals surface area contributed by atoms with Gasteiger partial charge in [-0.1, -0.05) is 63.2 Å². The van der Waals surface area contributed by atoms with Crippen LogP contribution in [-0.4, -0.2) is 47.2 Å². The predicted molar refractivity (Wildman–Crippen MR) is 160 cm³/mol. The molecule has 1 aliphatic rings. The van der Waals surface area contributed by atoms with Gasteiger partial charge in [0.25, 0.3) is 15.9 Å². The summed E-state index contributed by atoms with van der Waals surface area (Å²) in [5, 5.41) is 4.89. The van der Waals surface area contributed by atoms with Gasteiger partial charge in [0.2, 0.25) is 0 Å². The van der Waals surface area contributed by atoms with Crippen LogP contribution in [0.4, 0.5) is 5.69 Å². The number of hydrogen-bond acceptors (Lipinski definition) is 6. The number of methoxy groups -OCH3 is 1. The second kappa shape index (κ2) is 11.3. The van der Waals surface area contributed by atoms with Crippen LogP contribution in [0.15, 0.2) is 89.8 Å². The number of carbonyl (C=O) groups is 1. The zero-order chi connectivity index (χ0) is 29.2. The van der Waals surface area contributed by atoms with Crippen LogP contribution >= 0.6 is 0 Å². The zero-order valence-electron chi connectivity index (χ0n) is 23.6. The number of ether oxygens (including phenoxy) is 3. The SMILES string of the molecule is COc1ccc(S(=O)(=O)N2C[C@H](C(=O)NCCOc3cccc4ccccc34)Oc3ccc(C(C)(C)C)cc32)cc1. The lowest BCUT2D eigenvalue weighted by atomic mass is 9.86. The number of fused-ring (bicyclic) bond motifs is 2. The molecule has 0 bridgehead atoms. The van der Waals surface area contributed by atoms with E-state index in [-0.39, 0.29) is 30.0 Å². The number of benzene rings is 4. The average Bonchev–Trinajstić information content (AvgIpc) is 2.97. The standard InChI is InChI=1S/C32H34N2O6S/c1-32(2,3)23-12-17-29-27(20-23)34(41(36,37)25-15-13-24(38-4)14-16-25)21-30(40-29)31(35)33-18-19-39-28-11-7-9-22-8-5-6-10-26(22)28/h5-17,20,30H,18-19,21H2,1-4H3,(H,33,35)/t30-/m1/s1. The fourth-order valence-corrected chi connectivity index (χ4v) is 6.20. The van der Waals surface area contributed by atoms with Gasteiger partial charge >= 0.3 is 0 Å². The number of nitrogens with zero attached hydrogens (tertiary/aromatic N) is 1. The van der Waals surface area contributed by atoms with E-state index in [4.69, 9.17) is 14.2 Å². The Bertz CT molecular complexity index is 1660. The van der Waals surface area contributed by atoms with Crippen molar-refractivity contribution in [1.82, 2.24) is 5.32 Å². The number of carbonyl (C=O) groups excluding carboxylic acids is 1.